The van der Waals surface area contributed by atoms with Gasteiger partial charge in [0.15, 0.2) is 5.58 Å². The van der Waals surface area contributed by atoms with Crippen LogP contribution in [0.2, 0.25) is 0 Å². The molecule has 1 amide bonds. The number of aromatic amines is 1. The van der Waals surface area contributed by atoms with E-state index < -0.39 is 5.76 Å². The van der Waals surface area contributed by atoms with Crippen LogP contribution in [0.1, 0.15) is 43.0 Å². The van der Waals surface area contributed by atoms with E-state index in [0.717, 1.165) is 25.7 Å². The normalized spacial score (nSPS) is 17.7. The summed E-state index contributed by atoms with van der Waals surface area (Å²) >= 11 is 0. The molecule has 1 atom stereocenters. The molecule has 1 unspecified atom stereocenters. The summed E-state index contributed by atoms with van der Waals surface area (Å²) in [6.07, 6.45) is 4.05. The average molecular weight is 318 g/mol. The largest absolute Gasteiger partial charge is 0.417 e. The Balaban J connectivity index is 1.75. The van der Waals surface area contributed by atoms with E-state index in [1.807, 2.05) is 0 Å². The van der Waals surface area contributed by atoms with Gasteiger partial charge in [0.2, 0.25) is 0 Å². The van der Waals surface area contributed by atoms with Gasteiger partial charge in [-0.2, -0.15) is 0 Å². The van der Waals surface area contributed by atoms with E-state index in [-0.39, 0.29) is 17.9 Å². The SMILES string of the molecule is CC(CCO)C1(CNC(=O)c2cccc3oc(=O)[nH]c23)CCC1. The van der Waals surface area contributed by atoms with Crippen molar-refractivity contribution in [2.45, 2.75) is 32.6 Å². The van der Waals surface area contributed by atoms with Crippen molar-refractivity contribution in [3.05, 3.63) is 34.3 Å². The molecule has 3 N–H and O–H groups in total. The van der Waals surface area contributed by atoms with Crippen LogP contribution < -0.4 is 11.1 Å². The Bertz CT molecular complexity index is 757. The Labute approximate surface area is 133 Å². The molecule has 0 spiro atoms. The molecule has 1 aliphatic rings. The molecule has 1 heterocycles. The van der Waals surface area contributed by atoms with Crippen molar-refractivity contribution in [1.29, 1.82) is 0 Å². The number of hydrogen-bond donors (Lipinski definition) is 3. The van der Waals surface area contributed by atoms with E-state index in [0.29, 0.717) is 29.1 Å². The molecule has 1 aliphatic carbocycles. The molecule has 6 heteroatoms. The first-order valence-corrected chi connectivity index (χ1v) is 8.07. The summed E-state index contributed by atoms with van der Waals surface area (Å²) in [5.41, 5.74) is 1.31. The van der Waals surface area contributed by atoms with Crippen molar-refractivity contribution in [2.75, 3.05) is 13.2 Å². The molecule has 2 aromatic rings. The summed E-state index contributed by atoms with van der Waals surface area (Å²) in [7, 11) is 0. The Morgan fingerprint density at radius 1 is 1.48 bits per heavy atom. The van der Waals surface area contributed by atoms with E-state index >= 15 is 0 Å². The summed E-state index contributed by atoms with van der Waals surface area (Å²) in [5.74, 6) is -0.409. The quantitative estimate of drug-likeness (QED) is 0.759. The minimum Gasteiger partial charge on any atom is -0.408 e. The van der Waals surface area contributed by atoms with Crippen molar-refractivity contribution in [1.82, 2.24) is 10.3 Å². The molecule has 6 nitrogen and oxygen atoms in total. The van der Waals surface area contributed by atoms with Gasteiger partial charge in [-0.1, -0.05) is 19.4 Å². The number of nitrogens with one attached hydrogen (secondary N) is 2. The number of H-pyrrole nitrogens is 1. The molecule has 1 fully saturated rings. The van der Waals surface area contributed by atoms with Gasteiger partial charge in [-0.15, -0.1) is 0 Å². The third kappa shape index (κ3) is 2.91. The standard InChI is InChI=1S/C17H22N2O4/c1-11(6-9-20)17(7-3-8-17)10-18-15(21)12-4-2-5-13-14(12)19-16(22)23-13/h2,4-5,11,20H,3,6-10H2,1H3,(H,18,21)(H,19,22). The highest BCUT2D eigenvalue weighted by Crippen LogP contribution is 2.47. The van der Waals surface area contributed by atoms with E-state index in [4.69, 9.17) is 9.52 Å². The fourth-order valence-electron chi connectivity index (χ4n) is 3.49. The van der Waals surface area contributed by atoms with E-state index in [9.17, 15) is 9.59 Å². The second-order valence-corrected chi connectivity index (χ2v) is 6.51. The molecule has 0 aliphatic heterocycles. The molecule has 1 aromatic heterocycles. The monoisotopic (exact) mass is 318 g/mol. The maximum Gasteiger partial charge on any atom is 0.417 e. The van der Waals surface area contributed by atoms with Crippen LogP contribution in [0.3, 0.4) is 0 Å². The second-order valence-electron chi connectivity index (χ2n) is 6.51. The van der Waals surface area contributed by atoms with Gasteiger partial charge in [0.25, 0.3) is 5.91 Å². The summed E-state index contributed by atoms with van der Waals surface area (Å²) in [6, 6.07) is 5.02. The maximum atomic E-state index is 12.5. The van der Waals surface area contributed by atoms with Crippen molar-refractivity contribution >= 4 is 17.0 Å². The van der Waals surface area contributed by atoms with Crippen LogP contribution in [0.5, 0.6) is 0 Å². The molecule has 1 saturated carbocycles. The van der Waals surface area contributed by atoms with Crippen molar-refractivity contribution < 1.29 is 14.3 Å². The number of hydrogen-bond acceptors (Lipinski definition) is 4. The van der Waals surface area contributed by atoms with Gasteiger partial charge in [0.1, 0.15) is 0 Å². The molecular formula is C17H22N2O4. The highest BCUT2D eigenvalue weighted by atomic mass is 16.4. The van der Waals surface area contributed by atoms with Crippen molar-refractivity contribution in [3.8, 4) is 0 Å². The highest BCUT2D eigenvalue weighted by molar-refractivity contribution is 6.04. The first kappa shape index (κ1) is 15.8. The number of rotatable bonds is 6. The van der Waals surface area contributed by atoms with E-state index in [1.165, 1.54) is 0 Å². The molecule has 0 radical (unpaired) electrons. The lowest BCUT2D eigenvalue weighted by atomic mass is 9.60. The molecule has 1 aromatic carbocycles. The zero-order chi connectivity index (χ0) is 16.4. The maximum absolute atomic E-state index is 12.5. The van der Waals surface area contributed by atoms with E-state index in [2.05, 4.69) is 17.2 Å². The summed E-state index contributed by atoms with van der Waals surface area (Å²) in [5, 5.41) is 12.2. The van der Waals surface area contributed by atoms with Crippen molar-refractivity contribution in [2.24, 2.45) is 11.3 Å². The van der Waals surface area contributed by atoms with Crippen LogP contribution >= 0.6 is 0 Å². The highest BCUT2D eigenvalue weighted by Gasteiger charge is 2.41. The van der Waals surface area contributed by atoms with Crippen LogP contribution in [-0.2, 0) is 0 Å². The molecular weight excluding hydrogens is 296 g/mol. The van der Waals surface area contributed by atoms with Gasteiger partial charge in [-0.05, 0) is 42.7 Å². The number of aliphatic hydroxyl groups excluding tert-OH is 1. The zero-order valence-corrected chi connectivity index (χ0v) is 13.2. The Morgan fingerprint density at radius 2 is 2.26 bits per heavy atom. The Morgan fingerprint density at radius 3 is 2.91 bits per heavy atom. The predicted octanol–water partition coefficient (Wildman–Crippen LogP) is 2.04. The number of aromatic nitrogens is 1. The van der Waals surface area contributed by atoms with Crippen LogP contribution in [0.4, 0.5) is 0 Å². The van der Waals surface area contributed by atoms with Crippen LogP contribution in [-0.4, -0.2) is 29.1 Å². The zero-order valence-electron chi connectivity index (χ0n) is 13.2. The van der Waals surface area contributed by atoms with Gasteiger partial charge in [0, 0.05) is 13.2 Å². The molecule has 3 rings (SSSR count). The minimum atomic E-state index is -0.563. The third-order valence-corrected chi connectivity index (χ3v) is 5.26. The van der Waals surface area contributed by atoms with Crippen LogP contribution in [0.15, 0.2) is 27.4 Å². The lowest BCUT2D eigenvalue weighted by Crippen LogP contribution is -2.46. The number of oxazole rings is 1. The van der Waals surface area contributed by atoms with Crippen LogP contribution in [0.25, 0.3) is 11.1 Å². The second kappa shape index (κ2) is 6.20. The topological polar surface area (TPSA) is 95.3 Å². The fourth-order valence-corrected chi connectivity index (χ4v) is 3.49. The first-order chi connectivity index (χ1) is 11.1. The van der Waals surface area contributed by atoms with Gasteiger partial charge in [-0.3, -0.25) is 9.78 Å². The number of carbonyl (C=O) groups excluding carboxylic acids is 1. The van der Waals surface area contributed by atoms with Gasteiger partial charge in [0.05, 0.1) is 11.1 Å². The molecule has 23 heavy (non-hydrogen) atoms. The van der Waals surface area contributed by atoms with Crippen molar-refractivity contribution in [3.63, 3.8) is 0 Å². The number of benzene rings is 1. The summed E-state index contributed by atoms with van der Waals surface area (Å²) in [6.45, 7) is 2.90. The van der Waals surface area contributed by atoms with E-state index in [1.54, 1.807) is 18.2 Å². The molecule has 0 saturated heterocycles. The average Bonchev–Trinajstić information content (AvgIpc) is 2.86. The Hall–Kier alpha value is -2.08. The summed E-state index contributed by atoms with van der Waals surface area (Å²) in [4.78, 5) is 26.4. The number of carbonyl (C=O) groups is 1. The number of aliphatic hydroxyl groups is 1. The first-order valence-electron chi connectivity index (χ1n) is 8.07. The third-order valence-electron chi connectivity index (χ3n) is 5.26. The fraction of sp³-hybridized carbons (Fsp3) is 0.529. The smallest absolute Gasteiger partial charge is 0.408 e. The molecule has 0 bridgehead atoms. The van der Waals surface area contributed by atoms with Gasteiger partial charge in [-0.25, -0.2) is 4.79 Å². The van der Waals surface area contributed by atoms with Gasteiger partial charge >= 0.3 is 5.76 Å². The predicted molar refractivity (Wildman–Crippen MR) is 86.3 cm³/mol. The lowest BCUT2D eigenvalue weighted by Gasteiger charge is -2.47. The molecule has 124 valence electrons. The van der Waals surface area contributed by atoms with Crippen LogP contribution in [0, 0.1) is 11.3 Å². The lowest BCUT2D eigenvalue weighted by molar-refractivity contribution is 0.0411. The Kier molecular flexibility index (Phi) is 4.26. The number of fused-ring (bicyclic) bond motifs is 1. The van der Waals surface area contributed by atoms with Gasteiger partial charge < -0.3 is 14.8 Å². The number of para-hydroxylation sites is 1. The minimum absolute atomic E-state index is 0.0795. The summed E-state index contributed by atoms with van der Waals surface area (Å²) < 4.78 is 4.99. The number of amides is 1.